The van der Waals surface area contributed by atoms with Gasteiger partial charge in [-0.05, 0) is 18.6 Å². The van der Waals surface area contributed by atoms with E-state index in [1.807, 2.05) is 48.5 Å². The summed E-state index contributed by atoms with van der Waals surface area (Å²) in [5.41, 5.74) is 1.88. The van der Waals surface area contributed by atoms with Gasteiger partial charge in [-0.1, -0.05) is 49.7 Å². The van der Waals surface area contributed by atoms with E-state index < -0.39 is 6.09 Å². The molecule has 114 valence electrons. The Morgan fingerprint density at radius 1 is 1.09 bits per heavy atom. The predicted molar refractivity (Wildman–Crippen MR) is 84.2 cm³/mol. The monoisotopic (exact) mass is 297 g/mol. The van der Waals surface area contributed by atoms with Crippen LogP contribution in [0.15, 0.2) is 48.5 Å². The molecule has 0 aliphatic carbocycles. The van der Waals surface area contributed by atoms with Gasteiger partial charge in [-0.25, -0.2) is 4.79 Å². The van der Waals surface area contributed by atoms with Gasteiger partial charge in [-0.15, -0.1) is 0 Å². The fraction of sp³-hybridized carbons (Fsp3) is 0.278. The first kappa shape index (κ1) is 14.4. The SMILES string of the molecule is CCCCOC(=O)NC1c2ccccc2Oc2ccccc21. The van der Waals surface area contributed by atoms with Crippen LogP contribution in [-0.4, -0.2) is 12.7 Å². The fourth-order valence-electron chi connectivity index (χ4n) is 2.53. The van der Waals surface area contributed by atoms with Crippen molar-refractivity contribution in [3.8, 4) is 11.5 Å². The smallest absolute Gasteiger partial charge is 0.407 e. The fourth-order valence-corrected chi connectivity index (χ4v) is 2.53. The molecule has 1 amide bonds. The minimum Gasteiger partial charge on any atom is -0.457 e. The molecule has 1 heterocycles. The van der Waals surface area contributed by atoms with Crippen molar-refractivity contribution in [1.82, 2.24) is 5.32 Å². The number of ether oxygens (including phenoxy) is 2. The summed E-state index contributed by atoms with van der Waals surface area (Å²) in [6.07, 6.45) is 1.47. The van der Waals surface area contributed by atoms with Crippen LogP contribution in [-0.2, 0) is 4.74 Å². The average Bonchev–Trinajstić information content (AvgIpc) is 2.55. The number of alkyl carbamates (subject to hydrolysis) is 1. The lowest BCUT2D eigenvalue weighted by Gasteiger charge is -2.28. The topological polar surface area (TPSA) is 47.6 Å². The van der Waals surface area contributed by atoms with Crippen molar-refractivity contribution in [2.45, 2.75) is 25.8 Å². The Hall–Kier alpha value is -2.49. The number of benzene rings is 2. The number of hydrogen-bond acceptors (Lipinski definition) is 3. The second-order valence-electron chi connectivity index (χ2n) is 5.24. The van der Waals surface area contributed by atoms with E-state index in [-0.39, 0.29) is 6.04 Å². The second-order valence-corrected chi connectivity index (χ2v) is 5.24. The molecule has 2 aromatic rings. The van der Waals surface area contributed by atoms with E-state index in [2.05, 4.69) is 12.2 Å². The van der Waals surface area contributed by atoms with Crippen LogP contribution in [0.1, 0.15) is 36.9 Å². The van der Waals surface area contributed by atoms with Gasteiger partial charge in [0.2, 0.25) is 0 Å². The zero-order chi connectivity index (χ0) is 15.4. The van der Waals surface area contributed by atoms with Gasteiger partial charge in [0.05, 0.1) is 12.6 Å². The van der Waals surface area contributed by atoms with Gasteiger partial charge >= 0.3 is 6.09 Å². The van der Waals surface area contributed by atoms with Crippen LogP contribution < -0.4 is 10.1 Å². The van der Waals surface area contributed by atoms with Crippen molar-refractivity contribution in [2.24, 2.45) is 0 Å². The number of carbonyl (C=O) groups excluding carboxylic acids is 1. The first-order valence-electron chi connectivity index (χ1n) is 7.58. The molecule has 0 bridgehead atoms. The summed E-state index contributed by atoms with van der Waals surface area (Å²) < 4.78 is 11.1. The van der Waals surface area contributed by atoms with Crippen molar-refractivity contribution in [3.63, 3.8) is 0 Å². The predicted octanol–water partition coefficient (Wildman–Crippen LogP) is 4.41. The van der Waals surface area contributed by atoms with Gasteiger partial charge in [0, 0.05) is 11.1 Å². The highest BCUT2D eigenvalue weighted by Gasteiger charge is 2.28. The Balaban J connectivity index is 1.85. The second kappa shape index (κ2) is 6.52. The summed E-state index contributed by atoms with van der Waals surface area (Å²) in [6, 6.07) is 15.2. The summed E-state index contributed by atoms with van der Waals surface area (Å²) in [6.45, 7) is 2.50. The van der Waals surface area contributed by atoms with Gasteiger partial charge in [-0.3, -0.25) is 0 Å². The van der Waals surface area contributed by atoms with E-state index in [1.165, 1.54) is 0 Å². The third-order valence-electron chi connectivity index (χ3n) is 3.67. The molecule has 2 aromatic carbocycles. The third kappa shape index (κ3) is 2.91. The van der Waals surface area contributed by atoms with Crippen molar-refractivity contribution in [2.75, 3.05) is 6.61 Å². The normalized spacial score (nSPS) is 12.8. The number of unbranched alkanes of at least 4 members (excludes halogenated alkanes) is 1. The highest BCUT2D eigenvalue weighted by molar-refractivity contribution is 5.70. The molecule has 4 nitrogen and oxygen atoms in total. The molecular formula is C18H19NO3. The lowest BCUT2D eigenvalue weighted by molar-refractivity contribution is 0.141. The van der Waals surface area contributed by atoms with Crippen LogP contribution in [0.5, 0.6) is 11.5 Å². The Bertz CT molecular complexity index is 623. The number of carbonyl (C=O) groups is 1. The molecule has 3 rings (SSSR count). The van der Waals surface area contributed by atoms with Crippen LogP contribution in [0.3, 0.4) is 0 Å². The lowest BCUT2D eigenvalue weighted by Crippen LogP contribution is -2.31. The van der Waals surface area contributed by atoms with E-state index in [0.29, 0.717) is 6.61 Å². The molecule has 1 aliphatic heterocycles. The molecule has 0 unspecified atom stereocenters. The van der Waals surface area contributed by atoms with Crippen molar-refractivity contribution in [1.29, 1.82) is 0 Å². The van der Waals surface area contributed by atoms with E-state index in [0.717, 1.165) is 35.5 Å². The standard InChI is InChI=1S/C18H19NO3/c1-2-3-12-21-18(20)19-17-13-8-4-6-10-15(13)22-16-11-7-5-9-14(16)17/h4-11,17H,2-3,12H2,1H3,(H,19,20). The zero-order valence-corrected chi connectivity index (χ0v) is 12.5. The quantitative estimate of drug-likeness (QED) is 0.850. The average molecular weight is 297 g/mol. The summed E-state index contributed by atoms with van der Waals surface area (Å²) >= 11 is 0. The van der Waals surface area contributed by atoms with Crippen LogP contribution in [0.4, 0.5) is 4.79 Å². The lowest BCUT2D eigenvalue weighted by atomic mass is 9.95. The van der Waals surface area contributed by atoms with E-state index in [1.54, 1.807) is 0 Å². The number of nitrogens with one attached hydrogen (secondary N) is 1. The Morgan fingerprint density at radius 2 is 1.68 bits per heavy atom. The molecule has 0 spiro atoms. The molecule has 0 saturated carbocycles. The van der Waals surface area contributed by atoms with Gasteiger partial charge < -0.3 is 14.8 Å². The summed E-state index contributed by atoms with van der Waals surface area (Å²) in [4.78, 5) is 12.0. The van der Waals surface area contributed by atoms with Crippen LogP contribution >= 0.6 is 0 Å². The van der Waals surface area contributed by atoms with Gasteiger partial charge in [-0.2, -0.15) is 0 Å². The number of rotatable bonds is 4. The molecule has 0 radical (unpaired) electrons. The molecule has 0 aromatic heterocycles. The van der Waals surface area contributed by atoms with E-state index in [9.17, 15) is 4.79 Å². The molecule has 0 fully saturated rings. The Labute approximate surface area is 130 Å². The molecular weight excluding hydrogens is 278 g/mol. The maximum atomic E-state index is 12.0. The number of fused-ring (bicyclic) bond motifs is 2. The largest absolute Gasteiger partial charge is 0.457 e. The minimum absolute atomic E-state index is 0.254. The zero-order valence-electron chi connectivity index (χ0n) is 12.5. The molecule has 0 atom stereocenters. The molecule has 22 heavy (non-hydrogen) atoms. The van der Waals surface area contributed by atoms with Crippen molar-refractivity contribution >= 4 is 6.09 Å². The van der Waals surface area contributed by atoms with Gasteiger partial charge in [0.1, 0.15) is 11.5 Å². The van der Waals surface area contributed by atoms with Gasteiger partial charge in [0.15, 0.2) is 0 Å². The Morgan fingerprint density at radius 3 is 2.27 bits per heavy atom. The van der Waals surface area contributed by atoms with E-state index in [4.69, 9.17) is 9.47 Å². The van der Waals surface area contributed by atoms with Gasteiger partial charge in [0.25, 0.3) is 0 Å². The van der Waals surface area contributed by atoms with Crippen LogP contribution in [0.25, 0.3) is 0 Å². The number of hydrogen-bond donors (Lipinski definition) is 1. The van der Waals surface area contributed by atoms with E-state index >= 15 is 0 Å². The van der Waals surface area contributed by atoms with Crippen molar-refractivity contribution in [3.05, 3.63) is 59.7 Å². The highest BCUT2D eigenvalue weighted by atomic mass is 16.5. The first-order valence-corrected chi connectivity index (χ1v) is 7.58. The summed E-state index contributed by atoms with van der Waals surface area (Å²) in [5.74, 6) is 1.53. The maximum absolute atomic E-state index is 12.0. The van der Waals surface area contributed by atoms with Crippen LogP contribution in [0, 0.1) is 0 Å². The highest BCUT2D eigenvalue weighted by Crippen LogP contribution is 2.42. The maximum Gasteiger partial charge on any atom is 0.407 e. The Kier molecular flexibility index (Phi) is 4.28. The minimum atomic E-state index is -0.398. The molecule has 4 heteroatoms. The molecule has 1 N–H and O–H groups in total. The third-order valence-corrected chi connectivity index (χ3v) is 3.67. The first-order chi connectivity index (χ1) is 10.8. The molecule has 0 saturated heterocycles. The number of para-hydroxylation sites is 2. The number of amides is 1. The summed E-state index contributed by atoms with van der Waals surface area (Å²) in [5, 5.41) is 2.95. The summed E-state index contributed by atoms with van der Waals surface area (Å²) in [7, 11) is 0. The van der Waals surface area contributed by atoms with Crippen molar-refractivity contribution < 1.29 is 14.3 Å². The van der Waals surface area contributed by atoms with Crippen LogP contribution in [0.2, 0.25) is 0 Å². The molecule has 1 aliphatic rings.